The van der Waals surface area contributed by atoms with Gasteiger partial charge in [0.1, 0.15) is 11.5 Å². The number of benzene rings is 2. The molecule has 0 radical (unpaired) electrons. The van der Waals surface area contributed by atoms with Crippen LogP contribution in [0.3, 0.4) is 0 Å². The zero-order valence-corrected chi connectivity index (χ0v) is 17.2. The second-order valence-corrected chi connectivity index (χ2v) is 6.42. The molecule has 0 aliphatic heterocycles. The third kappa shape index (κ3) is 5.83. The summed E-state index contributed by atoms with van der Waals surface area (Å²) in [6.45, 7) is 1.75. The molecule has 0 atom stereocenters. The molecule has 2 aromatic rings. The normalized spacial score (nSPS) is 10.0. The van der Waals surface area contributed by atoms with Crippen molar-refractivity contribution in [1.29, 1.82) is 0 Å². The van der Waals surface area contributed by atoms with E-state index in [1.54, 1.807) is 43.3 Å². The predicted molar refractivity (Wildman–Crippen MR) is 114 cm³/mol. The van der Waals surface area contributed by atoms with Crippen LogP contribution in [-0.2, 0) is 4.79 Å². The van der Waals surface area contributed by atoms with E-state index >= 15 is 0 Å². The van der Waals surface area contributed by atoms with Crippen LogP contribution in [0.1, 0.15) is 23.7 Å². The molecule has 0 spiro atoms. The van der Waals surface area contributed by atoms with Crippen LogP contribution in [0, 0.1) is 0 Å². The molecule has 2 aromatic carbocycles. The van der Waals surface area contributed by atoms with Crippen molar-refractivity contribution in [3.63, 3.8) is 0 Å². The first-order chi connectivity index (χ1) is 13.4. The summed E-state index contributed by atoms with van der Waals surface area (Å²) in [6.07, 6.45) is 0.351. The van der Waals surface area contributed by atoms with Gasteiger partial charge in [-0.2, -0.15) is 0 Å². The fourth-order valence-electron chi connectivity index (χ4n) is 2.22. The molecular weight excluding hydrogens is 402 g/mol. The lowest BCUT2D eigenvalue weighted by atomic mass is 10.2. The first-order valence-corrected chi connectivity index (χ1v) is 9.09. The smallest absolute Gasteiger partial charge is 0.257 e. The molecule has 0 fully saturated rings. The number of halogens is 1. The standard InChI is InChI=1S/C19H20ClN3O4S/c1-4-17(24)21-12-5-6-15(20)16(9-12)22-19(28)23-18(25)11-7-13(26-2)10-14(8-11)27-3/h5-10H,4H2,1-3H3,(H,21,24)(H2,22,23,25,28). The van der Waals surface area contributed by atoms with Gasteiger partial charge in [0.25, 0.3) is 5.91 Å². The summed E-state index contributed by atoms with van der Waals surface area (Å²) in [5, 5.41) is 8.58. The average molecular weight is 422 g/mol. The van der Waals surface area contributed by atoms with E-state index in [1.807, 2.05) is 0 Å². The fraction of sp³-hybridized carbons (Fsp3) is 0.211. The van der Waals surface area contributed by atoms with E-state index in [1.165, 1.54) is 14.2 Å². The number of amides is 2. The molecule has 0 aliphatic carbocycles. The summed E-state index contributed by atoms with van der Waals surface area (Å²) in [5.41, 5.74) is 1.32. The molecule has 2 rings (SSSR count). The van der Waals surface area contributed by atoms with Gasteiger partial charge in [-0.3, -0.25) is 14.9 Å². The second kappa shape index (κ2) is 9.91. The zero-order valence-electron chi connectivity index (χ0n) is 15.6. The zero-order chi connectivity index (χ0) is 20.7. The molecule has 0 unspecified atom stereocenters. The van der Waals surface area contributed by atoms with E-state index in [2.05, 4.69) is 16.0 Å². The van der Waals surface area contributed by atoms with E-state index in [0.717, 1.165) is 0 Å². The third-order valence-electron chi connectivity index (χ3n) is 3.66. The van der Waals surface area contributed by atoms with Crippen molar-refractivity contribution >= 4 is 52.1 Å². The number of carbonyl (C=O) groups excluding carboxylic acids is 2. The molecule has 0 heterocycles. The van der Waals surface area contributed by atoms with Crippen LogP contribution in [-0.4, -0.2) is 31.1 Å². The van der Waals surface area contributed by atoms with Gasteiger partial charge in [-0.1, -0.05) is 18.5 Å². The monoisotopic (exact) mass is 421 g/mol. The highest BCUT2D eigenvalue weighted by Crippen LogP contribution is 2.26. The Balaban J connectivity index is 2.10. The molecule has 7 nitrogen and oxygen atoms in total. The van der Waals surface area contributed by atoms with Gasteiger partial charge in [0.15, 0.2) is 5.11 Å². The minimum absolute atomic E-state index is 0.0488. The summed E-state index contributed by atoms with van der Waals surface area (Å²) in [6, 6.07) is 9.70. The first kappa shape index (κ1) is 21.5. The summed E-state index contributed by atoms with van der Waals surface area (Å²) in [7, 11) is 2.99. The number of methoxy groups -OCH3 is 2. The number of ether oxygens (including phenoxy) is 2. The molecular formula is C19H20ClN3O4S. The van der Waals surface area contributed by atoms with Crippen molar-refractivity contribution in [2.24, 2.45) is 0 Å². The maximum absolute atomic E-state index is 12.5. The number of hydrogen-bond donors (Lipinski definition) is 3. The molecule has 9 heteroatoms. The summed E-state index contributed by atoms with van der Waals surface area (Å²) in [5.74, 6) is 0.383. The number of anilines is 2. The number of nitrogens with one attached hydrogen (secondary N) is 3. The van der Waals surface area contributed by atoms with Gasteiger partial charge in [0.05, 0.1) is 24.9 Å². The Labute approximate surface area is 173 Å². The van der Waals surface area contributed by atoms with E-state index in [-0.39, 0.29) is 11.0 Å². The molecule has 148 valence electrons. The van der Waals surface area contributed by atoms with Crippen LogP contribution in [0.15, 0.2) is 36.4 Å². The number of thiocarbonyl (C=S) groups is 1. The highest BCUT2D eigenvalue weighted by molar-refractivity contribution is 7.80. The van der Waals surface area contributed by atoms with Crippen molar-refractivity contribution in [1.82, 2.24) is 5.32 Å². The topological polar surface area (TPSA) is 88.7 Å². The SMILES string of the molecule is CCC(=O)Nc1ccc(Cl)c(NC(=S)NC(=O)c2cc(OC)cc(OC)c2)c1. The second-order valence-electron chi connectivity index (χ2n) is 5.61. The van der Waals surface area contributed by atoms with Crippen molar-refractivity contribution in [2.45, 2.75) is 13.3 Å². The van der Waals surface area contributed by atoms with E-state index in [0.29, 0.717) is 39.9 Å². The van der Waals surface area contributed by atoms with Gasteiger partial charge < -0.3 is 20.1 Å². The lowest BCUT2D eigenvalue weighted by molar-refractivity contribution is -0.115. The molecule has 2 amide bonds. The highest BCUT2D eigenvalue weighted by Gasteiger charge is 2.13. The van der Waals surface area contributed by atoms with E-state index < -0.39 is 5.91 Å². The number of carbonyl (C=O) groups is 2. The average Bonchev–Trinajstić information content (AvgIpc) is 2.69. The van der Waals surface area contributed by atoms with Crippen molar-refractivity contribution in [3.05, 3.63) is 47.0 Å². The van der Waals surface area contributed by atoms with Gasteiger partial charge in [-0.25, -0.2) is 0 Å². The van der Waals surface area contributed by atoms with Crippen molar-refractivity contribution < 1.29 is 19.1 Å². The summed E-state index contributed by atoms with van der Waals surface area (Å²) in [4.78, 5) is 24.0. The Kier molecular flexibility index (Phi) is 7.60. The lowest BCUT2D eigenvalue weighted by Crippen LogP contribution is -2.34. The Morgan fingerprint density at radius 1 is 1.04 bits per heavy atom. The van der Waals surface area contributed by atoms with Crippen molar-refractivity contribution in [2.75, 3.05) is 24.9 Å². The number of rotatable bonds is 6. The molecule has 3 N–H and O–H groups in total. The molecule has 0 saturated carbocycles. The van der Waals surface area contributed by atoms with Crippen LogP contribution in [0.25, 0.3) is 0 Å². The van der Waals surface area contributed by atoms with Crippen LogP contribution < -0.4 is 25.4 Å². The Hall–Kier alpha value is -2.84. The van der Waals surface area contributed by atoms with E-state index in [4.69, 9.17) is 33.3 Å². The molecule has 0 bridgehead atoms. The Bertz CT molecular complexity index is 882. The third-order valence-corrected chi connectivity index (χ3v) is 4.19. The first-order valence-electron chi connectivity index (χ1n) is 8.31. The van der Waals surface area contributed by atoms with Gasteiger partial charge in [-0.05, 0) is 42.5 Å². The summed E-state index contributed by atoms with van der Waals surface area (Å²) >= 11 is 11.4. The van der Waals surface area contributed by atoms with Crippen LogP contribution in [0.5, 0.6) is 11.5 Å². The predicted octanol–water partition coefficient (Wildman–Crippen LogP) is 3.83. The molecule has 0 aliphatic rings. The Morgan fingerprint density at radius 2 is 1.68 bits per heavy atom. The van der Waals surface area contributed by atoms with Crippen LogP contribution >= 0.6 is 23.8 Å². The van der Waals surface area contributed by atoms with Crippen molar-refractivity contribution in [3.8, 4) is 11.5 Å². The van der Waals surface area contributed by atoms with Crippen LogP contribution in [0.2, 0.25) is 5.02 Å². The van der Waals surface area contributed by atoms with Gasteiger partial charge in [0, 0.05) is 23.7 Å². The van der Waals surface area contributed by atoms with Crippen LogP contribution in [0.4, 0.5) is 11.4 Å². The van der Waals surface area contributed by atoms with E-state index in [9.17, 15) is 9.59 Å². The highest BCUT2D eigenvalue weighted by atomic mass is 35.5. The summed E-state index contributed by atoms with van der Waals surface area (Å²) < 4.78 is 10.3. The maximum atomic E-state index is 12.5. The minimum Gasteiger partial charge on any atom is -0.497 e. The Morgan fingerprint density at radius 3 is 2.25 bits per heavy atom. The molecule has 28 heavy (non-hydrogen) atoms. The lowest BCUT2D eigenvalue weighted by Gasteiger charge is -2.13. The molecule has 0 saturated heterocycles. The van der Waals surface area contributed by atoms with Gasteiger partial charge >= 0.3 is 0 Å². The van der Waals surface area contributed by atoms with Gasteiger partial charge in [0.2, 0.25) is 5.91 Å². The molecule has 0 aromatic heterocycles. The fourth-order valence-corrected chi connectivity index (χ4v) is 2.58. The number of hydrogen-bond acceptors (Lipinski definition) is 5. The quantitative estimate of drug-likeness (QED) is 0.614. The maximum Gasteiger partial charge on any atom is 0.257 e. The van der Waals surface area contributed by atoms with Gasteiger partial charge in [-0.15, -0.1) is 0 Å². The largest absolute Gasteiger partial charge is 0.497 e. The minimum atomic E-state index is -0.443.